The Labute approximate surface area is 141 Å². The lowest BCUT2D eigenvalue weighted by molar-refractivity contribution is -0.0255. The molecule has 0 radical (unpaired) electrons. The Kier molecular flexibility index (Phi) is 4.18. The summed E-state index contributed by atoms with van der Waals surface area (Å²) in [5.41, 5.74) is -0.0514. The summed E-state index contributed by atoms with van der Waals surface area (Å²) in [7, 11) is 0. The fourth-order valence-corrected chi connectivity index (χ4v) is 4.05. The molecule has 6 heteroatoms. The van der Waals surface area contributed by atoms with E-state index in [9.17, 15) is 9.18 Å². The summed E-state index contributed by atoms with van der Waals surface area (Å²) < 4.78 is 26.0. The van der Waals surface area contributed by atoms with Gasteiger partial charge in [-0.1, -0.05) is 0 Å². The lowest BCUT2D eigenvalue weighted by Gasteiger charge is -2.33. The van der Waals surface area contributed by atoms with Gasteiger partial charge in [-0.05, 0) is 45.1 Å². The molecule has 24 heavy (non-hydrogen) atoms. The van der Waals surface area contributed by atoms with Crippen LogP contribution in [0.3, 0.4) is 0 Å². The van der Waals surface area contributed by atoms with Gasteiger partial charge in [-0.15, -0.1) is 0 Å². The van der Waals surface area contributed by atoms with Gasteiger partial charge < -0.3 is 14.8 Å². The van der Waals surface area contributed by atoms with Crippen LogP contribution in [0, 0.1) is 5.82 Å². The predicted molar refractivity (Wildman–Crippen MR) is 86.8 cm³/mol. The zero-order chi connectivity index (χ0) is 16.6. The third-order valence-corrected chi connectivity index (χ3v) is 5.31. The van der Waals surface area contributed by atoms with Crippen LogP contribution in [-0.2, 0) is 10.3 Å². The average Bonchev–Trinajstić information content (AvgIpc) is 3.16. The van der Waals surface area contributed by atoms with E-state index in [-0.39, 0.29) is 0 Å². The fourth-order valence-electron chi connectivity index (χ4n) is 4.05. The minimum Gasteiger partial charge on any atom is -0.492 e. The van der Waals surface area contributed by atoms with Gasteiger partial charge in [0.15, 0.2) is 0 Å². The normalized spacial score (nSPS) is 22.6. The molecule has 3 aliphatic rings. The molecule has 0 bridgehead atoms. The number of likely N-dealkylation sites (tertiary alicyclic amines) is 1. The summed E-state index contributed by atoms with van der Waals surface area (Å²) in [5.74, 6) is -0.416. The lowest BCUT2D eigenvalue weighted by atomic mass is 9.84. The highest BCUT2D eigenvalue weighted by molar-refractivity contribution is 5.95. The molecule has 130 valence electrons. The Morgan fingerprint density at radius 2 is 2.00 bits per heavy atom. The zero-order valence-electron chi connectivity index (χ0n) is 13.8. The van der Waals surface area contributed by atoms with Crippen LogP contribution in [0.15, 0.2) is 12.1 Å². The van der Waals surface area contributed by atoms with E-state index in [0.717, 1.165) is 32.7 Å². The SMILES string of the molecule is O=C1OC2(CCNCC2)c2c(F)cc(OCCN3CCCC3)cc21. The number of esters is 1. The Hall–Kier alpha value is -1.66. The Balaban J connectivity index is 1.51. The number of halogens is 1. The molecular formula is C18H23FN2O3. The van der Waals surface area contributed by atoms with Crippen LogP contribution in [0.1, 0.15) is 41.6 Å². The number of benzene rings is 1. The van der Waals surface area contributed by atoms with Gasteiger partial charge in [0, 0.05) is 31.0 Å². The highest BCUT2D eigenvalue weighted by atomic mass is 19.1. The minimum atomic E-state index is -0.796. The van der Waals surface area contributed by atoms with Gasteiger partial charge >= 0.3 is 5.97 Å². The molecule has 1 aromatic carbocycles. The number of piperidine rings is 1. The van der Waals surface area contributed by atoms with Crippen molar-refractivity contribution >= 4 is 5.97 Å². The van der Waals surface area contributed by atoms with Gasteiger partial charge in [0.1, 0.15) is 23.8 Å². The number of carbonyl (C=O) groups excluding carboxylic acids is 1. The molecule has 1 aromatic rings. The van der Waals surface area contributed by atoms with Crippen molar-refractivity contribution in [2.45, 2.75) is 31.3 Å². The van der Waals surface area contributed by atoms with Crippen molar-refractivity contribution in [2.75, 3.05) is 39.3 Å². The van der Waals surface area contributed by atoms with E-state index < -0.39 is 17.4 Å². The summed E-state index contributed by atoms with van der Waals surface area (Å²) in [6, 6.07) is 3.04. The van der Waals surface area contributed by atoms with Crippen LogP contribution in [0.5, 0.6) is 5.75 Å². The van der Waals surface area contributed by atoms with E-state index in [4.69, 9.17) is 9.47 Å². The quantitative estimate of drug-likeness (QED) is 0.854. The second kappa shape index (κ2) is 6.33. The van der Waals surface area contributed by atoms with E-state index in [0.29, 0.717) is 36.3 Å². The second-order valence-electron chi connectivity index (χ2n) is 6.86. The van der Waals surface area contributed by atoms with Gasteiger partial charge in [0.25, 0.3) is 0 Å². The van der Waals surface area contributed by atoms with Gasteiger partial charge in [-0.2, -0.15) is 0 Å². The average molecular weight is 334 g/mol. The van der Waals surface area contributed by atoms with Crippen LogP contribution < -0.4 is 10.1 Å². The maximum absolute atomic E-state index is 14.7. The van der Waals surface area contributed by atoms with E-state index in [2.05, 4.69) is 10.2 Å². The molecule has 3 aliphatic heterocycles. The Morgan fingerprint density at radius 1 is 1.25 bits per heavy atom. The maximum atomic E-state index is 14.7. The molecule has 1 N–H and O–H groups in total. The Bertz CT molecular complexity index is 637. The third-order valence-electron chi connectivity index (χ3n) is 5.31. The second-order valence-corrected chi connectivity index (χ2v) is 6.86. The summed E-state index contributed by atoms with van der Waals surface area (Å²) in [4.78, 5) is 14.6. The first kappa shape index (κ1) is 15.8. The smallest absolute Gasteiger partial charge is 0.339 e. The van der Waals surface area contributed by atoms with E-state index in [1.165, 1.54) is 18.9 Å². The summed E-state index contributed by atoms with van der Waals surface area (Å²) in [6.07, 6.45) is 3.68. The number of rotatable bonds is 4. The minimum absolute atomic E-state index is 0.327. The van der Waals surface area contributed by atoms with Crippen molar-refractivity contribution in [2.24, 2.45) is 0 Å². The van der Waals surface area contributed by atoms with Crippen molar-refractivity contribution in [3.63, 3.8) is 0 Å². The predicted octanol–water partition coefficient (Wildman–Crippen LogP) is 2.05. The van der Waals surface area contributed by atoms with Crippen LogP contribution in [-0.4, -0.2) is 50.2 Å². The molecule has 0 saturated carbocycles. The topological polar surface area (TPSA) is 50.8 Å². The molecule has 5 nitrogen and oxygen atoms in total. The molecule has 1 spiro atoms. The molecule has 2 saturated heterocycles. The third kappa shape index (κ3) is 2.78. The largest absolute Gasteiger partial charge is 0.492 e. The van der Waals surface area contributed by atoms with Gasteiger partial charge in [-0.3, -0.25) is 4.90 Å². The number of hydrogen-bond donors (Lipinski definition) is 1. The van der Waals surface area contributed by atoms with E-state index >= 15 is 0 Å². The maximum Gasteiger partial charge on any atom is 0.339 e. The first-order chi connectivity index (χ1) is 11.7. The van der Waals surface area contributed by atoms with Crippen LogP contribution in [0.25, 0.3) is 0 Å². The molecule has 3 heterocycles. The molecule has 2 fully saturated rings. The molecule has 0 atom stereocenters. The molecule has 0 aromatic heterocycles. The fraction of sp³-hybridized carbons (Fsp3) is 0.611. The highest BCUT2D eigenvalue weighted by Gasteiger charge is 2.48. The van der Waals surface area contributed by atoms with Crippen molar-refractivity contribution < 1.29 is 18.7 Å². The number of nitrogens with one attached hydrogen (secondary N) is 1. The molecule has 0 aliphatic carbocycles. The summed E-state index contributed by atoms with van der Waals surface area (Å²) in [6.45, 7) is 4.98. The standard InChI is InChI=1S/C18H23FN2O3/c19-15-12-13(23-10-9-21-7-1-2-8-21)11-14-16(15)18(24-17(14)22)3-5-20-6-4-18/h11-12,20H,1-10H2. The molecule has 4 rings (SSSR count). The summed E-state index contributed by atoms with van der Waals surface area (Å²) >= 11 is 0. The Morgan fingerprint density at radius 3 is 2.75 bits per heavy atom. The van der Waals surface area contributed by atoms with E-state index in [1.807, 2.05) is 0 Å². The number of hydrogen-bond acceptors (Lipinski definition) is 5. The van der Waals surface area contributed by atoms with Crippen molar-refractivity contribution in [1.82, 2.24) is 10.2 Å². The van der Waals surface area contributed by atoms with Gasteiger partial charge in [0.05, 0.1) is 5.56 Å². The highest BCUT2D eigenvalue weighted by Crippen LogP contribution is 2.45. The van der Waals surface area contributed by atoms with Crippen molar-refractivity contribution in [1.29, 1.82) is 0 Å². The first-order valence-electron chi connectivity index (χ1n) is 8.81. The van der Waals surface area contributed by atoms with Crippen LogP contribution in [0.2, 0.25) is 0 Å². The lowest BCUT2D eigenvalue weighted by Crippen LogP contribution is -2.40. The number of carbonyl (C=O) groups is 1. The number of ether oxygens (including phenoxy) is 2. The summed E-state index contributed by atoms with van der Waals surface area (Å²) in [5, 5.41) is 3.22. The van der Waals surface area contributed by atoms with Crippen LogP contribution >= 0.6 is 0 Å². The van der Waals surface area contributed by atoms with Crippen LogP contribution in [0.4, 0.5) is 4.39 Å². The monoisotopic (exact) mass is 334 g/mol. The molecule has 0 unspecified atom stereocenters. The van der Waals surface area contributed by atoms with Crippen molar-refractivity contribution in [3.8, 4) is 5.75 Å². The van der Waals surface area contributed by atoms with Gasteiger partial charge in [0.2, 0.25) is 0 Å². The number of fused-ring (bicyclic) bond motifs is 2. The zero-order valence-corrected chi connectivity index (χ0v) is 13.8. The number of nitrogens with zero attached hydrogens (tertiary/aromatic N) is 1. The molecular weight excluding hydrogens is 311 g/mol. The van der Waals surface area contributed by atoms with E-state index in [1.54, 1.807) is 6.07 Å². The van der Waals surface area contributed by atoms with Crippen molar-refractivity contribution in [3.05, 3.63) is 29.1 Å². The van der Waals surface area contributed by atoms with Gasteiger partial charge in [-0.25, -0.2) is 9.18 Å². The molecule has 0 amide bonds. The first-order valence-corrected chi connectivity index (χ1v) is 8.81.